The van der Waals surface area contributed by atoms with Crippen molar-refractivity contribution >= 4 is 27.7 Å². The lowest BCUT2D eigenvalue weighted by Crippen LogP contribution is -2.36. The van der Waals surface area contributed by atoms with Gasteiger partial charge in [0.15, 0.2) is 0 Å². The standard InChI is InChI=1S/C19H14F3N5O/c20-19(21,22)14-4-1-11(2-5-14)10-27(23)18(28)12-3-6-16-15(7-12)17-13(8-24-16)9-25-26-17/h1-9H,10,23H2,(H,25,26). The van der Waals surface area contributed by atoms with Crippen LogP contribution in [0, 0.1) is 0 Å². The second-order valence-corrected chi connectivity index (χ2v) is 6.32. The number of rotatable bonds is 3. The number of hydrazine groups is 1. The van der Waals surface area contributed by atoms with Crippen LogP contribution in [0.5, 0.6) is 0 Å². The number of nitrogens with two attached hydrogens (primary N) is 1. The highest BCUT2D eigenvalue weighted by Gasteiger charge is 2.30. The lowest BCUT2D eigenvalue weighted by atomic mass is 10.1. The first-order valence-corrected chi connectivity index (χ1v) is 8.27. The molecule has 0 atom stereocenters. The van der Waals surface area contributed by atoms with Crippen molar-refractivity contribution in [1.82, 2.24) is 20.2 Å². The molecule has 6 nitrogen and oxygen atoms in total. The van der Waals surface area contributed by atoms with Crippen molar-refractivity contribution in [3.05, 3.63) is 71.5 Å². The van der Waals surface area contributed by atoms with Crippen molar-refractivity contribution in [2.24, 2.45) is 5.84 Å². The maximum Gasteiger partial charge on any atom is 0.416 e. The van der Waals surface area contributed by atoms with Crippen molar-refractivity contribution in [3.8, 4) is 0 Å². The highest BCUT2D eigenvalue weighted by molar-refractivity contribution is 6.06. The first kappa shape index (κ1) is 17.9. The summed E-state index contributed by atoms with van der Waals surface area (Å²) in [6.07, 6.45) is -1.09. The van der Waals surface area contributed by atoms with Crippen molar-refractivity contribution < 1.29 is 18.0 Å². The lowest BCUT2D eigenvalue weighted by molar-refractivity contribution is -0.137. The summed E-state index contributed by atoms with van der Waals surface area (Å²) in [7, 11) is 0. The molecular formula is C19H14F3N5O. The number of alkyl halides is 3. The molecule has 4 rings (SSSR count). The molecule has 0 fully saturated rings. The van der Waals surface area contributed by atoms with E-state index < -0.39 is 17.6 Å². The van der Waals surface area contributed by atoms with Crippen molar-refractivity contribution in [3.63, 3.8) is 0 Å². The third-order valence-electron chi connectivity index (χ3n) is 4.42. The zero-order chi connectivity index (χ0) is 19.9. The van der Waals surface area contributed by atoms with Gasteiger partial charge in [0.05, 0.1) is 29.3 Å². The summed E-state index contributed by atoms with van der Waals surface area (Å²) in [6, 6.07) is 9.50. The van der Waals surface area contributed by atoms with Gasteiger partial charge < -0.3 is 0 Å². The van der Waals surface area contributed by atoms with Crippen LogP contribution in [-0.4, -0.2) is 26.1 Å². The van der Waals surface area contributed by atoms with E-state index in [1.807, 2.05) is 0 Å². The predicted molar refractivity (Wildman–Crippen MR) is 96.9 cm³/mol. The number of hydrogen-bond acceptors (Lipinski definition) is 4. The maximum absolute atomic E-state index is 12.7. The van der Waals surface area contributed by atoms with E-state index in [2.05, 4.69) is 15.2 Å². The minimum Gasteiger partial charge on any atom is -0.277 e. The highest BCUT2D eigenvalue weighted by Crippen LogP contribution is 2.29. The number of pyridine rings is 1. The maximum atomic E-state index is 12.7. The first-order chi connectivity index (χ1) is 13.3. The van der Waals surface area contributed by atoms with Gasteiger partial charge in [-0.1, -0.05) is 12.1 Å². The average Bonchev–Trinajstić information content (AvgIpc) is 3.16. The molecule has 0 aliphatic carbocycles. The number of carbonyl (C=O) groups excluding carboxylic acids is 1. The fraction of sp³-hybridized carbons (Fsp3) is 0.105. The summed E-state index contributed by atoms with van der Waals surface area (Å²) in [5.74, 6) is 5.41. The Morgan fingerprint density at radius 1 is 1.11 bits per heavy atom. The van der Waals surface area contributed by atoms with E-state index in [1.54, 1.807) is 30.6 Å². The van der Waals surface area contributed by atoms with Gasteiger partial charge in [-0.2, -0.15) is 18.3 Å². The summed E-state index contributed by atoms with van der Waals surface area (Å²) in [6.45, 7) is -0.0263. The van der Waals surface area contributed by atoms with E-state index in [0.717, 1.165) is 33.4 Å². The number of aromatic nitrogens is 3. The van der Waals surface area contributed by atoms with Crippen LogP contribution >= 0.6 is 0 Å². The smallest absolute Gasteiger partial charge is 0.277 e. The normalized spacial score (nSPS) is 11.9. The molecule has 0 spiro atoms. The molecule has 142 valence electrons. The molecule has 0 radical (unpaired) electrons. The molecule has 2 aromatic heterocycles. The number of carbonyl (C=O) groups is 1. The Hall–Kier alpha value is -3.46. The molecule has 0 bridgehead atoms. The van der Waals surface area contributed by atoms with E-state index in [-0.39, 0.29) is 6.54 Å². The molecule has 0 aliphatic rings. The molecule has 0 saturated heterocycles. The fourth-order valence-electron chi connectivity index (χ4n) is 2.96. The quantitative estimate of drug-likeness (QED) is 0.320. The molecule has 3 N–H and O–H groups in total. The van der Waals surface area contributed by atoms with E-state index in [9.17, 15) is 18.0 Å². The second kappa shape index (κ2) is 6.61. The van der Waals surface area contributed by atoms with E-state index >= 15 is 0 Å². The number of halogens is 3. The number of hydrogen-bond donors (Lipinski definition) is 2. The highest BCUT2D eigenvalue weighted by atomic mass is 19.4. The van der Waals surface area contributed by atoms with Crippen molar-refractivity contribution in [1.29, 1.82) is 0 Å². The number of nitrogens with one attached hydrogen (secondary N) is 1. The Morgan fingerprint density at radius 3 is 2.57 bits per heavy atom. The Bertz CT molecular complexity index is 1170. The van der Waals surface area contributed by atoms with Crippen LogP contribution in [0.1, 0.15) is 21.5 Å². The Balaban J connectivity index is 1.58. The van der Waals surface area contributed by atoms with Crippen LogP contribution in [0.15, 0.2) is 54.9 Å². The van der Waals surface area contributed by atoms with E-state index in [0.29, 0.717) is 16.6 Å². The van der Waals surface area contributed by atoms with Gasteiger partial charge in [-0.3, -0.25) is 19.9 Å². The van der Waals surface area contributed by atoms with Crippen LogP contribution in [0.25, 0.3) is 21.8 Å². The van der Waals surface area contributed by atoms with Crippen molar-refractivity contribution in [2.45, 2.75) is 12.7 Å². The van der Waals surface area contributed by atoms with Crippen LogP contribution in [0.3, 0.4) is 0 Å². The molecule has 4 aromatic rings. The Morgan fingerprint density at radius 2 is 1.86 bits per heavy atom. The largest absolute Gasteiger partial charge is 0.416 e. The lowest BCUT2D eigenvalue weighted by Gasteiger charge is -2.17. The Labute approximate surface area is 156 Å². The zero-order valence-electron chi connectivity index (χ0n) is 14.4. The van der Waals surface area contributed by atoms with Crippen LogP contribution in [0.2, 0.25) is 0 Å². The van der Waals surface area contributed by atoms with Gasteiger partial charge in [0.2, 0.25) is 0 Å². The SMILES string of the molecule is NN(Cc1ccc(C(F)(F)F)cc1)C(=O)c1ccc2ncc3cn[nH]c3c2c1. The minimum absolute atomic E-state index is 0.0263. The molecule has 28 heavy (non-hydrogen) atoms. The summed E-state index contributed by atoms with van der Waals surface area (Å²) in [5.41, 5.74) is 1.52. The summed E-state index contributed by atoms with van der Waals surface area (Å²) in [4.78, 5) is 17.0. The number of fused-ring (bicyclic) bond motifs is 3. The number of H-pyrrole nitrogens is 1. The second-order valence-electron chi connectivity index (χ2n) is 6.32. The predicted octanol–water partition coefficient (Wildman–Crippen LogP) is 3.65. The van der Waals surface area contributed by atoms with Gasteiger partial charge in [0.25, 0.3) is 5.91 Å². The van der Waals surface area contributed by atoms with Gasteiger partial charge in [0.1, 0.15) is 0 Å². The zero-order valence-corrected chi connectivity index (χ0v) is 14.4. The number of amides is 1. The van der Waals surface area contributed by atoms with E-state index in [4.69, 9.17) is 5.84 Å². The first-order valence-electron chi connectivity index (χ1n) is 8.27. The fourth-order valence-corrected chi connectivity index (χ4v) is 2.96. The molecule has 1 amide bonds. The molecule has 2 aromatic carbocycles. The Kier molecular flexibility index (Phi) is 4.23. The summed E-state index contributed by atoms with van der Waals surface area (Å²) < 4.78 is 37.9. The van der Waals surface area contributed by atoms with Crippen LogP contribution in [-0.2, 0) is 12.7 Å². The molecule has 9 heteroatoms. The van der Waals surface area contributed by atoms with Gasteiger partial charge in [-0.05, 0) is 35.9 Å². The van der Waals surface area contributed by atoms with Gasteiger partial charge >= 0.3 is 6.18 Å². The molecule has 0 aliphatic heterocycles. The number of benzene rings is 2. The minimum atomic E-state index is -4.41. The number of aromatic amines is 1. The third-order valence-corrected chi connectivity index (χ3v) is 4.42. The average molecular weight is 385 g/mol. The topological polar surface area (TPSA) is 87.9 Å². The number of nitrogens with zero attached hydrogens (tertiary/aromatic N) is 3. The van der Waals surface area contributed by atoms with Gasteiger partial charge in [0, 0.05) is 22.5 Å². The van der Waals surface area contributed by atoms with Crippen LogP contribution in [0.4, 0.5) is 13.2 Å². The summed E-state index contributed by atoms with van der Waals surface area (Å²) >= 11 is 0. The third kappa shape index (κ3) is 3.27. The summed E-state index contributed by atoms with van der Waals surface area (Å²) in [5, 5.41) is 9.35. The van der Waals surface area contributed by atoms with Crippen LogP contribution < -0.4 is 5.84 Å². The molecule has 0 unspecified atom stereocenters. The monoisotopic (exact) mass is 385 g/mol. The molecular weight excluding hydrogens is 371 g/mol. The van der Waals surface area contributed by atoms with Gasteiger partial charge in [-0.25, -0.2) is 5.84 Å². The molecule has 0 saturated carbocycles. The van der Waals surface area contributed by atoms with Gasteiger partial charge in [-0.15, -0.1) is 0 Å². The van der Waals surface area contributed by atoms with Crippen molar-refractivity contribution in [2.75, 3.05) is 0 Å². The van der Waals surface area contributed by atoms with E-state index in [1.165, 1.54) is 12.1 Å². The molecule has 2 heterocycles.